The zero-order valence-corrected chi connectivity index (χ0v) is 10.4. The van der Waals surface area contributed by atoms with Gasteiger partial charge in [0.1, 0.15) is 0 Å². The van der Waals surface area contributed by atoms with Gasteiger partial charge in [-0.15, -0.1) is 11.3 Å². The van der Waals surface area contributed by atoms with Crippen LogP contribution in [-0.2, 0) is 5.60 Å². The second-order valence-electron chi connectivity index (χ2n) is 4.83. The largest absolute Gasteiger partial charge is 0.385 e. The van der Waals surface area contributed by atoms with E-state index in [1.807, 2.05) is 0 Å². The molecule has 0 atom stereocenters. The number of hydrogen-bond donors (Lipinski definition) is 1. The summed E-state index contributed by atoms with van der Waals surface area (Å²) in [5, 5.41) is 12.7. The predicted molar refractivity (Wildman–Crippen MR) is 65.2 cm³/mol. The SMILES string of the molecule is CCC1CCC(O)(c2csc(C)c2)CC1. The Morgan fingerprint density at radius 3 is 2.60 bits per heavy atom. The van der Waals surface area contributed by atoms with Gasteiger partial charge in [0.05, 0.1) is 5.60 Å². The number of aliphatic hydroxyl groups is 1. The van der Waals surface area contributed by atoms with Crippen molar-refractivity contribution in [3.63, 3.8) is 0 Å². The average molecular weight is 224 g/mol. The van der Waals surface area contributed by atoms with E-state index in [2.05, 4.69) is 25.3 Å². The van der Waals surface area contributed by atoms with E-state index in [1.165, 1.54) is 24.1 Å². The first-order chi connectivity index (χ1) is 7.14. The first-order valence-electron chi connectivity index (χ1n) is 5.92. The molecular formula is C13H20OS. The van der Waals surface area contributed by atoms with Crippen molar-refractivity contribution in [2.75, 3.05) is 0 Å². The number of thiophene rings is 1. The normalized spacial score (nSPS) is 31.8. The fourth-order valence-corrected chi connectivity index (χ4v) is 3.33. The number of aryl methyl sites for hydroxylation is 1. The molecule has 1 fully saturated rings. The molecule has 1 aromatic rings. The Bertz CT molecular complexity index is 321. The van der Waals surface area contributed by atoms with Gasteiger partial charge < -0.3 is 5.11 Å². The molecule has 1 saturated carbocycles. The van der Waals surface area contributed by atoms with Crippen LogP contribution in [0.25, 0.3) is 0 Å². The molecule has 1 aliphatic carbocycles. The molecular weight excluding hydrogens is 204 g/mol. The molecule has 1 aromatic heterocycles. The molecule has 1 N–H and O–H groups in total. The van der Waals surface area contributed by atoms with Crippen molar-refractivity contribution in [2.24, 2.45) is 5.92 Å². The maximum atomic E-state index is 10.6. The van der Waals surface area contributed by atoms with Gasteiger partial charge in [0.25, 0.3) is 0 Å². The molecule has 0 amide bonds. The molecule has 0 aromatic carbocycles. The summed E-state index contributed by atoms with van der Waals surface area (Å²) in [6, 6.07) is 2.15. The first kappa shape index (κ1) is 11.2. The van der Waals surface area contributed by atoms with Crippen LogP contribution in [0.2, 0.25) is 0 Å². The van der Waals surface area contributed by atoms with E-state index in [9.17, 15) is 5.11 Å². The Labute approximate surface area is 96.1 Å². The van der Waals surface area contributed by atoms with Crippen LogP contribution in [0, 0.1) is 12.8 Å². The smallest absolute Gasteiger partial charge is 0.0904 e. The van der Waals surface area contributed by atoms with Gasteiger partial charge in [0.15, 0.2) is 0 Å². The molecule has 0 spiro atoms. The van der Waals surface area contributed by atoms with Gasteiger partial charge in [-0.3, -0.25) is 0 Å². The second-order valence-corrected chi connectivity index (χ2v) is 5.94. The van der Waals surface area contributed by atoms with Crippen LogP contribution in [0.4, 0.5) is 0 Å². The van der Waals surface area contributed by atoms with E-state index in [-0.39, 0.29) is 0 Å². The molecule has 2 rings (SSSR count). The predicted octanol–water partition coefficient (Wildman–Crippen LogP) is 3.84. The van der Waals surface area contributed by atoms with Crippen molar-refractivity contribution < 1.29 is 5.11 Å². The fraction of sp³-hybridized carbons (Fsp3) is 0.692. The van der Waals surface area contributed by atoms with Gasteiger partial charge in [0, 0.05) is 4.88 Å². The van der Waals surface area contributed by atoms with Crippen LogP contribution in [0.15, 0.2) is 11.4 Å². The first-order valence-corrected chi connectivity index (χ1v) is 6.80. The second kappa shape index (κ2) is 4.26. The molecule has 1 heterocycles. The van der Waals surface area contributed by atoms with Gasteiger partial charge in [-0.25, -0.2) is 0 Å². The molecule has 2 heteroatoms. The third-order valence-electron chi connectivity index (χ3n) is 3.78. The average Bonchev–Trinajstić information content (AvgIpc) is 2.67. The highest BCUT2D eigenvalue weighted by Gasteiger charge is 2.34. The minimum absolute atomic E-state index is 0.517. The van der Waals surface area contributed by atoms with Crippen molar-refractivity contribution in [2.45, 2.75) is 51.6 Å². The number of rotatable bonds is 2. The lowest BCUT2D eigenvalue weighted by Crippen LogP contribution is -2.30. The Hall–Kier alpha value is -0.340. The van der Waals surface area contributed by atoms with Crippen molar-refractivity contribution in [1.29, 1.82) is 0 Å². The summed E-state index contributed by atoms with van der Waals surface area (Å²) < 4.78 is 0. The summed E-state index contributed by atoms with van der Waals surface area (Å²) in [6.45, 7) is 4.36. The maximum absolute atomic E-state index is 10.6. The van der Waals surface area contributed by atoms with Gasteiger partial charge in [-0.2, -0.15) is 0 Å². The van der Waals surface area contributed by atoms with Crippen molar-refractivity contribution in [3.8, 4) is 0 Å². The molecule has 1 nitrogen and oxygen atoms in total. The van der Waals surface area contributed by atoms with Crippen LogP contribution in [0.5, 0.6) is 0 Å². The van der Waals surface area contributed by atoms with Crippen molar-refractivity contribution >= 4 is 11.3 Å². The summed E-state index contributed by atoms with van der Waals surface area (Å²) in [5.41, 5.74) is 0.635. The summed E-state index contributed by atoms with van der Waals surface area (Å²) >= 11 is 1.74. The van der Waals surface area contributed by atoms with E-state index in [0.29, 0.717) is 0 Å². The highest BCUT2D eigenvalue weighted by atomic mass is 32.1. The summed E-state index contributed by atoms with van der Waals surface area (Å²) in [7, 11) is 0. The minimum Gasteiger partial charge on any atom is -0.385 e. The standard InChI is InChI=1S/C13H20OS/c1-3-11-4-6-13(14,7-5-11)12-8-10(2)15-9-12/h8-9,11,14H,3-7H2,1-2H3. The monoisotopic (exact) mass is 224 g/mol. The van der Waals surface area contributed by atoms with Gasteiger partial charge in [-0.1, -0.05) is 13.3 Å². The van der Waals surface area contributed by atoms with Gasteiger partial charge >= 0.3 is 0 Å². The molecule has 0 radical (unpaired) electrons. The van der Waals surface area contributed by atoms with Crippen LogP contribution >= 0.6 is 11.3 Å². The minimum atomic E-state index is -0.517. The van der Waals surface area contributed by atoms with E-state index in [0.717, 1.165) is 24.3 Å². The van der Waals surface area contributed by atoms with Crippen LogP contribution < -0.4 is 0 Å². The third kappa shape index (κ3) is 2.26. The third-order valence-corrected chi connectivity index (χ3v) is 4.64. The van der Waals surface area contributed by atoms with Crippen molar-refractivity contribution in [3.05, 3.63) is 21.9 Å². The Kier molecular flexibility index (Phi) is 3.17. The highest BCUT2D eigenvalue weighted by molar-refractivity contribution is 7.10. The number of hydrogen-bond acceptors (Lipinski definition) is 2. The van der Waals surface area contributed by atoms with E-state index < -0.39 is 5.60 Å². The lowest BCUT2D eigenvalue weighted by molar-refractivity contribution is -0.0142. The lowest BCUT2D eigenvalue weighted by Gasteiger charge is -2.35. The van der Waals surface area contributed by atoms with Crippen LogP contribution in [0.3, 0.4) is 0 Å². The van der Waals surface area contributed by atoms with Crippen molar-refractivity contribution in [1.82, 2.24) is 0 Å². The van der Waals surface area contributed by atoms with E-state index in [4.69, 9.17) is 0 Å². The fourth-order valence-electron chi connectivity index (χ4n) is 2.54. The van der Waals surface area contributed by atoms with E-state index >= 15 is 0 Å². The maximum Gasteiger partial charge on any atom is 0.0904 e. The Morgan fingerprint density at radius 1 is 1.47 bits per heavy atom. The zero-order valence-electron chi connectivity index (χ0n) is 9.62. The molecule has 1 aliphatic rings. The quantitative estimate of drug-likeness (QED) is 0.809. The van der Waals surface area contributed by atoms with Crippen LogP contribution in [-0.4, -0.2) is 5.11 Å². The molecule has 0 aliphatic heterocycles. The summed E-state index contributed by atoms with van der Waals surface area (Å²) in [6.07, 6.45) is 5.52. The molecule has 0 unspecified atom stereocenters. The zero-order chi connectivity index (χ0) is 10.9. The van der Waals surface area contributed by atoms with Gasteiger partial charge in [-0.05, 0) is 55.5 Å². The van der Waals surface area contributed by atoms with Crippen LogP contribution in [0.1, 0.15) is 49.5 Å². The molecule has 84 valence electrons. The topological polar surface area (TPSA) is 20.2 Å². The highest BCUT2D eigenvalue weighted by Crippen LogP contribution is 2.41. The lowest BCUT2D eigenvalue weighted by atomic mass is 9.75. The molecule has 0 bridgehead atoms. The Balaban J connectivity index is 2.09. The Morgan fingerprint density at radius 2 is 2.13 bits per heavy atom. The summed E-state index contributed by atoms with van der Waals surface area (Å²) in [4.78, 5) is 1.30. The van der Waals surface area contributed by atoms with Gasteiger partial charge in [0.2, 0.25) is 0 Å². The molecule has 15 heavy (non-hydrogen) atoms. The molecule has 0 saturated heterocycles. The summed E-state index contributed by atoms with van der Waals surface area (Å²) in [5.74, 6) is 0.838. The van der Waals surface area contributed by atoms with E-state index in [1.54, 1.807) is 11.3 Å².